The Bertz CT molecular complexity index is 359. The number of hydrogen-bond donors (Lipinski definition) is 2. The van der Waals surface area contributed by atoms with Crippen molar-refractivity contribution in [1.29, 1.82) is 0 Å². The van der Waals surface area contributed by atoms with E-state index in [9.17, 15) is 4.79 Å². The molecule has 1 aromatic rings. The summed E-state index contributed by atoms with van der Waals surface area (Å²) in [6.07, 6.45) is 3.52. The average Bonchev–Trinajstić information content (AvgIpc) is 2.36. The SMILES string of the molecule is CCCCC(C)NCC(=O)Nc1ccc(C)cc1. The van der Waals surface area contributed by atoms with Crippen LogP contribution >= 0.6 is 0 Å². The third-order valence-corrected chi connectivity index (χ3v) is 2.94. The maximum absolute atomic E-state index is 11.7. The number of aryl methyl sites for hydroxylation is 1. The van der Waals surface area contributed by atoms with Gasteiger partial charge in [-0.1, -0.05) is 37.5 Å². The lowest BCUT2D eigenvalue weighted by molar-refractivity contribution is -0.115. The van der Waals surface area contributed by atoms with Crippen LogP contribution in [-0.4, -0.2) is 18.5 Å². The molecule has 3 heteroatoms. The number of amides is 1. The van der Waals surface area contributed by atoms with Crippen molar-refractivity contribution in [2.45, 2.75) is 46.1 Å². The summed E-state index contributed by atoms with van der Waals surface area (Å²) in [6, 6.07) is 8.23. The van der Waals surface area contributed by atoms with Gasteiger partial charge in [0.05, 0.1) is 6.54 Å². The van der Waals surface area contributed by atoms with E-state index in [1.807, 2.05) is 31.2 Å². The van der Waals surface area contributed by atoms with E-state index in [0.717, 1.165) is 12.1 Å². The van der Waals surface area contributed by atoms with Gasteiger partial charge in [0.2, 0.25) is 5.91 Å². The second kappa shape index (κ2) is 7.88. The third-order valence-electron chi connectivity index (χ3n) is 2.94. The van der Waals surface area contributed by atoms with Crippen molar-refractivity contribution >= 4 is 11.6 Å². The van der Waals surface area contributed by atoms with Crippen LogP contribution in [0.5, 0.6) is 0 Å². The summed E-state index contributed by atoms with van der Waals surface area (Å²) < 4.78 is 0. The molecule has 0 bridgehead atoms. The van der Waals surface area contributed by atoms with Gasteiger partial charge in [-0.15, -0.1) is 0 Å². The standard InChI is InChI=1S/C15H24N2O/c1-4-5-6-13(3)16-11-15(18)17-14-9-7-12(2)8-10-14/h7-10,13,16H,4-6,11H2,1-3H3,(H,17,18). The summed E-state index contributed by atoms with van der Waals surface area (Å²) in [7, 11) is 0. The van der Waals surface area contributed by atoms with Gasteiger partial charge in [-0.2, -0.15) is 0 Å². The number of anilines is 1. The van der Waals surface area contributed by atoms with Gasteiger partial charge in [0.25, 0.3) is 0 Å². The van der Waals surface area contributed by atoms with Gasteiger partial charge in [-0.05, 0) is 32.4 Å². The number of rotatable bonds is 7. The summed E-state index contributed by atoms with van der Waals surface area (Å²) in [5.41, 5.74) is 2.05. The van der Waals surface area contributed by atoms with Crippen LogP contribution in [0.3, 0.4) is 0 Å². The predicted molar refractivity (Wildman–Crippen MR) is 76.8 cm³/mol. The van der Waals surface area contributed by atoms with Crippen molar-refractivity contribution in [3.8, 4) is 0 Å². The molecule has 1 unspecified atom stereocenters. The Hall–Kier alpha value is -1.35. The molecule has 1 rings (SSSR count). The topological polar surface area (TPSA) is 41.1 Å². The van der Waals surface area contributed by atoms with Crippen molar-refractivity contribution in [3.05, 3.63) is 29.8 Å². The molecule has 3 nitrogen and oxygen atoms in total. The molecule has 1 aromatic carbocycles. The van der Waals surface area contributed by atoms with E-state index < -0.39 is 0 Å². The lowest BCUT2D eigenvalue weighted by Gasteiger charge is -2.13. The highest BCUT2D eigenvalue weighted by Crippen LogP contribution is 2.08. The Kier molecular flexibility index (Phi) is 6.44. The van der Waals surface area contributed by atoms with Crippen LogP contribution in [0.15, 0.2) is 24.3 Å². The lowest BCUT2D eigenvalue weighted by Crippen LogP contribution is -2.34. The van der Waals surface area contributed by atoms with Crippen molar-refractivity contribution in [3.63, 3.8) is 0 Å². The molecule has 0 saturated heterocycles. The molecular formula is C15H24N2O. The predicted octanol–water partition coefficient (Wildman–Crippen LogP) is 3.10. The van der Waals surface area contributed by atoms with Crippen molar-refractivity contribution in [1.82, 2.24) is 5.32 Å². The summed E-state index contributed by atoms with van der Waals surface area (Å²) in [5.74, 6) is 0.0159. The molecule has 0 radical (unpaired) electrons. The highest BCUT2D eigenvalue weighted by molar-refractivity contribution is 5.92. The zero-order valence-electron chi connectivity index (χ0n) is 11.6. The van der Waals surface area contributed by atoms with Gasteiger partial charge < -0.3 is 10.6 Å². The van der Waals surface area contributed by atoms with Crippen molar-refractivity contribution < 1.29 is 4.79 Å². The number of benzene rings is 1. The fourth-order valence-electron chi connectivity index (χ4n) is 1.72. The van der Waals surface area contributed by atoms with Crippen LogP contribution in [-0.2, 0) is 4.79 Å². The first-order valence-electron chi connectivity index (χ1n) is 6.71. The quantitative estimate of drug-likeness (QED) is 0.778. The van der Waals surface area contributed by atoms with Crippen molar-refractivity contribution in [2.24, 2.45) is 0 Å². The van der Waals surface area contributed by atoms with E-state index >= 15 is 0 Å². The van der Waals surface area contributed by atoms with Gasteiger partial charge in [-0.3, -0.25) is 4.79 Å². The summed E-state index contributed by atoms with van der Waals surface area (Å²) in [5, 5.41) is 6.12. The number of nitrogens with one attached hydrogen (secondary N) is 2. The zero-order valence-corrected chi connectivity index (χ0v) is 11.6. The van der Waals surface area contributed by atoms with Crippen LogP contribution in [0.4, 0.5) is 5.69 Å². The summed E-state index contributed by atoms with van der Waals surface area (Å²) >= 11 is 0. The molecule has 0 saturated carbocycles. The molecule has 0 fully saturated rings. The second-order valence-corrected chi connectivity index (χ2v) is 4.84. The van der Waals surface area contributed by atoms with Gasteiger partial charge in [-0.25, -0.2) is 0 Å². The minimum atomic E-state index is 0.0159. The molecule has 0 spiro atoms. The first-order chi connectivity index (χ1) is 8.61. The van der Waals surface area contributed by atoms with Crippen molar-refractivity contribution in [2.75, 3.05) is 11.9 Å². The molecule has 0 aliphatic carbocycles. The Morgan fingerprint density at radius 3 is 2.56 bits per heavy atom. The van der Waals surface area contributed by atoms with E-state index in [2.05, 4.69) is 24.5 Å². The molecule has 2 N–H and O–H groups in total. The number of carbonyl (C=O) groups excluding carboxylic acids is 1. The molecule has 1 atom stereocenters. The Labute approximate surface area is 110 Å². The minimum absolute atomic E-state index is 0.0159. The number of hydrogen-bond acceptors (Lipinski definition) is 2. The maximum Gasteiger partial charge on any atom is 0.238 e. The smallest absolute Gasteiger partial charge is 0.238 e. The first-order valence-corrected chi connectivity index (χ1v) is 6.71. The largest absolute Gasteiger partial charge is 0.325 e. The molecule has 0 aromatic heterocycles. The molecule has 100 valence electrons. The average molecular weight is 248 g/mol. The molecular weight excluding hydrogens is 224 g/mol. The molecule has 0 aliphatic heterocycles. The van der Waals surface area contributed by atoms with E-state index in [-0.39, 0.29) is 5.91 Å². The first kappa shape index (κ1) is 14.7. The fraction of sp³-hybridized carbons (Fsp3) is 0.533. The third kappa shape index (κ3) is 5.82. The highest BCUT2D eigenvalue weighted by atomic mass is 16.1. The Morgan fingerprint density at radius 2 is 1.94 bits per heavy atom. The number of unbranched alkanes of at least 4 members (excludes halogenated alkanes) is 1. The Morgan fingerprint density at radius 1 is 1.28 bits per heavy atom. The normalized spacial score (nSPS) is 12.2. The van der Waals surface area contributed by atoms with E-state index in [0.29, 0.717) is 12.6 Å². The summed E-state index contributed by atoms with van der Waals surface area (Å²) in [4.78, 5) is 11.7. The highest BCUT2D eigenvalue weighted by Gasteiger charge is 2.05. The van der Waals surface area contributed by atoms with Gasteiger partial charge in [0, 0.05) is 11.7 Å². The summed E-state index contributed by atoms with van der Waals surface area (Å²) in [6.45, 7) is 6.70. The molecule has 0 aliphatic rings. The Balaban J connectivity index is 2.27. The lowest BCUT2D eigenvalue weighted by atomic mass is 10.1. The van der Waals surface area contributed by atoms with Crippen LogP contribution in [0.25, 0.3) is 0 Å². The number of carbonyl (C=O) groups is 1. The van der Waals surface area contributed by atoms with Gasteiger partial charge in [0.15, 0.2) is 0 Å². The maximum atomic E-state index is 11.7. The van der Waals surface area contributed by atoms with Crippen LogP contribution < -0.4 is 10.6 Å². The minimum Gasteiger partial charge on any atom is -0.325 e. The monoisotopic (exact) mass is 248 g/mol. The van der Waals surface area contributed by atoms with Crippen LogP contribution in [0, 0.1) is 6.92 Å². The van der Waals surface area contributed by atoms with Gasteiger partial charge in [0.1, 0.15) is 0 Å². The van der Waals surface area contributed by atoms with E-state index in [1.165, 1.54) is 18.4 Å². The van der Waals surface area contributed by atoms with Gasteiger partial charge >= 0.3 is 0 Å². The second-order valence-electron chi connectivity index (χ2n) is 4.84. The zero-order chi connectivity index (χ0) is 13.4. The van der Waals surface area contributed by atoms with Crippen LogP contribution in [0.2, 0.25) is 0 Å². The molecule has 18 heavy (non-hydrogen) atoms. The van der Waals surface area contributed by atoms with Crippen LogP contribution in [0.1, 0.15) is 38.7 Å². The van der Waals surface area contributed by atoms with E-state index in [4.69, 9.17) is 0 Å². The molecule has 0 heterocycles. The fourth-order valence-corrected chi connectivity index (χ4v) is 1.72. The molecule has 1 amide bonds. The van der Waals surface area contributed by atoms with E-state index in [1.54, 1.807) is 0 Å².